The van der Waals surface area contributed by atoms with Crippen LogP contribution in [-0.4, -0.2) is 99.6 Å². The summed E-state index contributed by atoms with van der Waals surface area (Å²) in [7, 11) is 0. The summed E-state index contributed by atoms with van der Waals surface area (Å²) in [5, 5.41) is 57.2. The van der Waals surface area contributed by atoms with Crippen molar-refractivity contribution >= 4 is 11.9 Å². The number of allylic oxidation sites excluding steroid dienone is 15. The second-order valence-electron chi connectivity index (χ2n) is 23.5. The van der Waals surface area contributed by atoms with Gasteiger partial charge in [0.25, 0.3) is 0 Å². The summed E-state index contributed by atoms with van der Waals surface area (Å²) >= 11 is 0. The zero-order chi connectivity index (χ0) is 61.0. The molecular weight excluding hydrogens is 1050 g/mol. The predicted octanol–water partition coefficient (Wildman–Crippen LogP) is 17.5. The van der Waals surface area contributed by atoms with Crippen LogP contribution in [0.15, 0.2) is 97.2 Å². The summed E-state index contributed by atoms with van der Waals surface area (Å²) in [5.41, 5.74) is 0. The van der Waals surface area contributed by atoms with E-state index >= 15 is 0 Å². The minimum atomic E-state index is -1.63. The Kier molecular flexibility index (Phi) is 56.0. The first-order valence-electron chi connectivity index (χ1n) is 34.5. The Hall–Kier alpha value is -3.42. The monoisotopic (exact) mass is 1180 g/mol. The predicted molar refractivity (Wildman–Crippen MR) is 352 cm³/mol. The van der Waals surface area contributed by atoms with E-state index in [4.69, 9.17) is 14.2 Å². The molecule has 0 spiro atoms. The summed E-state index contributed by atoms with van der Waals surface area (Å²) < 4.78 is 17.7. The number of aliphatic hydroxyl groups is 5. The van der Waals surface area contributed by atoms with Crippen molar-refractivity contribution in [1.29, 1.82) is 0 Å². The molecule has 0 aromatic heterocycles. The highest BCUT2D eigenvalue weighted by Crippen LogP contribution is 2.26. The minimum Gasteiger partial charge on any atom is -0.454 e. The third kappa shape index (κ3) is 46.8. The number of carbonyl (C=O) groups is 2. The lowest BCUT2D eigenvalue weighted by Gasteiger charge is -2.41. The Morgan fingerprint density at radius 2 is 0.857 bits per heavy atom. The molecule has 0 saturated carbocycles. The maximum atomic E-state index is 13.5. The molecule has 11 nitrogen and oxygen atoms in total. The maximum Gasteiger partial charge on any atom is 0.306 e. The Morgan fingerprint density at radius 3 is 1.30 bits per heavy atom. The van der Waals surface area contributed by atoms with Crippen LogP contribution in [-0.2, 0) is 23.8 Å². The molecule has 1 aliphatic rings. The molecule has 84 heavy (non-hydrogen) atoms. The van der Waals surface area contributed by atoms with Crippen LogP contribution in [0.1, 0.15) is 290 Å². The van der Waals surface area contributed by atoms with Gasteiger partial charge in [-0.3, -0.25) is 9.59 Å². The van der Waals surface area contributed by atoms with E-state index in [0.29, 0.717) is 12.8 Å². The van der Waals surface area contributed by atoms with Crippen molar-refractivity contribution in [3.05, 3.63) is 97.2 Å². The van der Waals surface area contributed by atoms with Crippen molar-refractivity contribution in [2.75, 3.05) is 13.2 Å². The van der Waals surface area contributed by atoms with E-state index in [1.165, 1.54) is 141 Å². The zero-order valence-electron chi connectivity index (χ0n) is 53.7. The van der Waals surface area contributed by atoms with E-state index in [1.807, 2.05) is 6.08 Å². The molecule has 8 atom stereocenters. The summed E-state index contributed by atoms with van der Waals surface area (Å²) in [6.45, 7) is 5.68. The first-order valence-corrected chi connectivity index (χ1v) is 34.5. The summed E-state index contributed by atoms with van der Waals surface area (Å²) in [6.07, 6.45) is 70.1. The largest absolute Gasteiger partial charge is 0.454 e. The molecule has 1 amide bonds. The van der Waals surface area contributed by atoms with Crippen molar-refractivity contribution in [3.63, 3.8) is 0 Å². The Balaban J connectivity index is 2.63. The highest BCUT2D eigenvalue weighted by atomic mass is 16.7. The van der Waals surface area contributed by atoms with Gasteiger partial charge in [-0.1, -0.05) is 279 Å². The van der Waals surface area contributed by atoms with Gasteiger partial charge in [0.05, 0.1) is 25.4 Å². The molecule has 1 saturated heterocycles. The van der Waals surface area contributed by atoms with Crippen LogP contribution in [0.5, 0.6) is 0 Å². The number of aliphatic hydroxyl groups excluding tert-OH is 5. The van der Waals surface area contributed by atoms with Crippen molar-refractivity contribution in [2.45, 2.75) is 339 Å². The van der Waals surface area contributed by atoms with Crippen LogP contribution in [0, 0.1) is 0 Å². The van der Waals surface area contributed by atoms with Gasteiger partial charge in [-0.25, -0.2) is 0 Å². The number of esters is 1. The number of ether oxygens (including phenoxy) is 3. The highest BCUT2D eigenvalue weighted by molar-refractivity contribution is 5.80. The summed E-state index contributed by atoms with van der Waals surface area (Å²) in [4.78, 5) is 26.6. The quantitative estimate of drug-likeness (QED) is 0.0195. The number of nitrogens with one attached hydrogen (secondary N) is 1. The second kappa shape index (κ2) is 59.9. The van der Waals surface area contributed by atoms with Gasteiger partial charge < -0.3 is 45.1 Å². The molecule has 484 valence electrons. The molecule has 0 aromatic rings. The average molecular weight is 1180 g/mol. The Labute approximate surface area is 514 Å². The SMILES string of the molecule is CC/C=C\C/C=C\C/C=C\C/C=C\C/C=C\C/C=C\CCCCCCC(=O)OC1C(OCC(NC(=O)C(O)CCCCCCCCCCCC/C=C/CCCCCCCC)C(O)/C=C/CCCCCCCCCCCC)OC(CO)C(O)C1O. The fourth-order valence-electron chi connectivity index (χ4n) is 10.3. The summed E-state index contributed by atoms with van der Waals surface area (Å²) in [6, 6.07) is -1.04. The zero-order valence-corrected chi connectivity index (χ0v) is 53.7. The standard InChI is InChI=1S/C73H127NO10/c1-4-7-10-13-16-19-22-25-27-29-31-33-34-35-37-39-41-43-46-49-52-55-58-61-68(78)84-71-70(80)69(79)67(62-75)83-73(71)82-63-64(65(76)59-56-53-50-47-44-24-21-18-15-12-9-6-3)74-72(81)66(77)60-57-54-51-48-45-42-40-38-36-32-30-28-26-23-20-17-14-11-8-5-2/h7,10,16,19,25-28,31,33,35,37,41,43,56,59,64-67,69-71,73,75-77,79-80H,4-6,8-9,11-15,17-18,20-24,29-30,32,34,36,38-40,42,44-55,57-58,60-63H2,1-3H3,(H,74,81)/b10-7-,19-16-,27-25-,28-26+,33-31-,37-35-,43-41-,59-56+. The van der Waals surface area contributed by atoms with Crippen molar-refractivity contribution in [3.8, 4) is 0 Å². The molecule has 1 aliphatic heterocycles. The van der Waals surface area contributed by atoms with E-state index in [0.717, 1.165) is 103 Å². The molecular formula is C73H127NO10. The molecule has 6 N–H and O–H groups in total. The van der Waals surface area contributed by atoms with Crippen LogP contribution < -0.4 is 5.32 Å². The van der Waals surface area contributed by atoms with Gasteiger partial charge in [-0.15, -0.1) is 0 Å². The Bertz CT molecular complexity index is 1740. The smallest absolute Gasteiger partial charge is 0.306 e. The van der Waals surface area contributed by atoms with Gasteiger partial charge in [0.1, 0.15) is 24.4 Å². The van der Waals surface area contributed by atoms with Gasteiger partial charge in [-0.05, 0) is 103 Å². The van der Waals surface area contributed by atoms with Crippen molar-refractivity contribution < 1.29 is 49.3 Å². The molecule has 8 unspecified atom stereocenters. The molecule has 1 fully saturated rings. The third-order valence-electron chi connectivity index (χ3n) is 15.7. The highest BCUT2D eigenvalue weighted by Gasteiger charge is 2.47. The molecule has 1 heterocycles. The average Bonchev–Trinajstić information content (AvgIpc) is 3.65. The van der Waals surface area contributed by atoms with Crippen LogP contribution in [0.25, 0.3) is 0 Å². The molecule has 0 aliphatic carbocycles. The van der Waals surface area contributed by atoms with Crippen LogP contribution in [0.2, 0.25) is 0 Å². The third-order valence-corrected chi connectivity index (χ3v) is 15.7. The second-order valence-corrected chi connectivity index (χ2v) is 23.5. The normalized spacial score (nSPS) is 19.1. The van der Waals surface area contributed by atoms with E-state index < -0.39 is 67.4 Å². The van der Waals surface area contributed by atoms with Crippen molar-refractivity contribution in [1.82, 2.24) is 5.32 Å². The number of unbranched alkanes of at least 4 members (excludes halogenated alkanes) is 30. The van der Waals surface area contributed by atoms with Gasteiger partial charge in [0.15, 0.2) is 12.4 Å². The van der Waals surface area contributed by atoms with Crippen LogP contribution >= 0.6 is 0 Å². The molecule has 1 rings (SSSR count). The lowest BCUT2D eigenvalue weighted by Crippen LogP contribution is -2.61. The number of rotatable bonds is 58. The minimum absolute atomic E-state index is 0.0896. The van der Waals surface area contributed by atoms with E-state index in [1.54, 1.807) is 6.08 Å². The lowest BCUT2D eigenvalue weighted by atomic mass is 9.99. The Morgan fingerprint density at radius 1 is 0.476 bits per heavy atom. The van der Waals surface area contributed by atoms with Crippen LogP contribution in [0.4, 0.5) is 0 Å². The fraction of sp³-hybridized carbons (Fsp3) is 0.753. The van der Waals surface area contributed by atoms with Gasteiger partial charge in [0, 0.05) is 6.42 Å². The van der Waals surface area contributed by atoms with Crippen LogP contribution in [0.3, 0.4) is 0 Å². The molecule has 0 aromatic carbocycles. The van der Waals surface area contributed by atoms with E-state index in [2.05, 4.69) is 111 Å². The van der Waals surface area contributed by atoms with Crippen molar-refractivity contribution in [2.24, 2.45) is 0 Å². The number of carbonyl (C=O) groups excluding carboxylic acids is 2. The summed E-state index contributed by atoms with van der Waals surface area (Å²) in [5.74, 6) is -1.22. The number of amides is 1. The lowest BCUT2D eigenvalue weighted by molar-refractivity contribution is -0.305. The maximum absolute atomic E-state index is 13.5. The number of hydrogen-bond acceptors (Lipinski definition) is 10. The van der Waals surface area contributed by atoms with Gasteiger partial charge in [0.2, 0.25) is 5.91 Å². The fourth-order valence-corrected chi connectivity index (χ4v) is 10.3. The first-order chi connectivity index (χ1) is 41.2. The van der Waals surface area contributed by atoms with E-state index in [9.17, 15) is 35.1 Å². The first kappa shape index (κ1) is 78.6. The van der Waals surface area contributed by atoms with E-state index in [-0.39, 0.29) is 19.4 Å². The van der Waals surface area contributed by atoms with Gasteiger partial charge in [-0.2, -0.15) is 0 Å². The molecule has 0 bridgehead atoms. The van der Waals surface area contributed by atoms with Gasteiger partial charge >= 0.3 is 5.97 Å². The molecule has 0 radical (unpaired) electrons. The number of hydrogen-bond donors (Lipinski definition) is 6. The molecule has 11 heteroatoms. The topological polar surface area (TPSA) is 175 Å².